The maximum absolute atomic E-state index is 13.3. The molecule has 2 unspecified atom stereocenters. The zero-order chi connectivity index (χ0) is 26.5. The van der Waals surface area contributed by atoms with Crippen LogP contribution in [0, 0.1) is 50.7 Å². The van der Waals surface area contributed by atoms with Crippen LogP contribution in [0.25, 0.3) is 0 Å². The summed E-state index contributed by atoms with van der Waals surface area (Å²) in [6, 6.07) is 0. The van der Waals surface area contributed by atoms with E-state index in [0.29, 0.717) is 30.0 Å². The van der Waals surface area contributed by atoms with Crippen molar-refractivity contribution in [2.45, 2.75) is 119 Å². The fourth-order valence-electron chi connectivity index (χ4n) is 11.3. The molecule has 1 N–H and O–H groups in total. The van der Waals surface area contributed by atoms with Crippen molar-refractivity contribution in [2.24, 2.45) is 50.7 Å². The Balaban J connectivity index is 1.55. The highest BCUT2D eigenvalue weighted by molar-refractivity contribution is 6.00. The van der Waals surface area contributed by atoms with Gasteiger partial charge >= 0.3 is 5.97 Å². The molecule has 0 bridgehead atoms. The molecule has 36 heavy (non-hydrogen) atoms. The third-order valence-corrected chi connectivity index (χ3v) is 13.1. The Hall–Kier alpha value is -1.16. The number of fused-ring (bicyclic) bond motifs is 7. The SMILES string of the molecule is CC(=O)O[C@H]1CC[C@@]2(C)C(CC[C@]3(C)C2CC[C@@H]2C4=C(C(C)C)C(=O)C[C@]4(CO)CC[C@]23C)C1(C)C. The van der Waals surface area contributed by atoms with Crippen LogP contribution in [0.4, 0.5) is 0 Å². The number of rotatable bonds is 3. The minimum atomic E-state index is -0.310. The third-order valence-electron chi connectivity index (χ3n) is 13.1. The zero-order valence-electron chi connectivity index (χ0n) is 24.1. The molecular formula is C32H50O4. The van der Waals surface area contributed by atoms with Gasteiger partial charge in [-0.1, -0.05) is 54.0 Å². The molecule has 0 spiro atoms. The summed E-state index contributed by atoms with van der Waals surface area (Å²) in [6.45, 7) is 18.4. The van der Waals surface area contributed by atoms with Crippen LogP contribution in [-0.4, -0.2) is 29.6 Å². The highest BCUT2D eigenvalue weighted by atomic mass is 16.5. The van der Waals surface area contributed by atoms with E-state index in [0.717, 1.165) is 37.7 Å². The van der Waals surface area contributed by atoms with Gasteiger partial charge in [0.05, 0.1) is 6.61 Å². The number of Topliss-reactive ketones (excluding diaryl/α,β-unsaturated/α-hetero) is 1. The summed E-state index contributed by atoms with van der Waals surface area (Å²) in [5.41, 5.74) is 2.66. The van der Waals surface area contributed by atoms with Crippen molar-refractivity contribution in [2.75, 3.05) is 6.61 Å². The van der Waals surface area contributed by atoms with Crippen LogP contribution < -0.4 is 0 Å². The van der Waals surface area contributed by atoms with Crippen molar-refractivity contribution >= 4 is 11.8 Å². The summed E-state index contributed by atoms with van der Waals surface area (Å²) in [7, 11) is 0. The summed E-state index contributed by atoms with van der Waals surface area (Å²) >= 11 is 0. The van der Waals surface area contributed by atoms with E-state index in [1.165, 1.54) is 24.8 Å². The third kappa shape index (κ3) is 3.21. The molecule has 0 aliphatic heterocycles. The van der Waals surface area contributed by atoms with E-state index in [1.54, 1.807) is 6.92 Å². The minimum absolute atomic E-state index is 0.00691. The Bertz CT molecular complexity index is 992. The monoisotopic (exact) mass is 498 g/mol. The molecule has 0 radical (unpaired) electrons. The number of carbonyl (C=O) groups excluding carboxylic acids is 2. The lowest BCUT2D eigenvalue weighted by molar-refractivity contribution is -0.233. The second kappa shape index (κ2) is 8.17. The van der Waals surface area contributed by atoms with Crippen LogP contribution in [0.1, 0.15) is 113 Å². The first kappa shape index (κ1) is 26.4. The van der Waals surface area contributed by atoms with Gasteiger partial charge in [-0.05, 0) is 96.9 Å². The molecule has 0 heterocycles. The second-order valence-electron chi connectivity index (χ2n) is 15.1. The van der Waals surface area contributed by atoms with Crippen molar-refractivity contribution in [1.82, 2.24) is 0 Å². The molecule has 0 saturated heterocycles. The highest BCUT2D eigenvalue weighted by Gasteiger charge is 2.70. The van der Waals surface area contributed by atoms with Crippen molar-refractivity contribution in [1.29, 1.82) is 0 Å². The van der Waals surface area contributed by atoms with Gasteiger partial charge in [0, 0.05) is 24.2 Å². The lowest BCUT2D eigenvalue weighted by Gasteiger charge is -2.72. The molecular weight excluding hydrogens is 448 g/mol. The van der Waals surface area contributed by atoms with E-state index >= 15 is 0 Å². The average molecular weight is 499 g/mol. The lowest BCUT2D eigenvalue weighted by atomic mass is 9.33. The predicted molar refractivity (Wildman–Crippen MR) is 142 cm³/mol. The first-order chi connectivity index (χ1) is 16.7. The van der Waals surface area contributed by atoms with E-state index in [-0.39, 0.29) is 51.7 Å². The summed E-state index contributed by atoms with van der Waals surface area (Å²) in [5, 5.41) is 10.7. The number of hydrogen-bond donors (Lipinski definition) is 1. The Morgan fingerprint density at radius 2 is 1.64 bits per heavy atom. The molecule has 5 rings (SSSR count). The van der Waals surface area contributed by atoms with Crippen LogP contribution in [0.5, 0.6) is 0 Å². The predicted octanol–water partition coefficient (Wildman–Crippen LogP) is 6.89. The highest BCUT2D eigenvalue weighted by Crippen LogP contribution is 2.76. The zero-order valence-corrected chi connectivity index (χ0v) is 24.1. The first-order valence-electron chi connectivity index (χ1n) is 14.7. The van der Waals surface area contributed by atoms with E-state index < -0.39 is 0 Å². The molecule has 4 heteroatoms. The first-order valence-corrected chi connectivity index (χ1v) is 14.7. The van der Waals surface area contributed by atoms with E-state index in [4.69, 9.17) is 4.74 Å². The van der Waals surface area contributed by atoms with Crippen molar-refractivity contribution < 1.29 is 19.4 Å². The Morgan fingerprint density at radius 3 is 2.25 bits per heavy atom. The van der Waals surface area contributed by atoms with Crippen LogP contribution in [0.2, 0.25) is 0 Å². The molecule has 5 aliphatic carbocycles. The fourth-order valence-corrected chi connectivity index (χ4v) is 11.3. The molecule has 0 aromatic heterocycles. The fraction of sp³-hybridized carbons (Fsp3) is 0.875. The summed E-state index contributed by atoms with van der Waals surface area (Å²) in [4.78, 5) is 25.2. The quantitative estimate of drug-likeness (QED) is 0.430. The minimum Gasteiger partial charge on any atom is -0.462 e. The van der Waals surface area contributed by atoms with Gasteiger partial charge in [-0.25, -0.2) is 0 Å². The number of carbonyl (C=O) groups is 2. The van der Waals surface area contributed by atoms with Crippen molar-refractivity contribution in [3.05, 3.63) is 11.1 Å². The maximum Gasteiger partial charge on any atom is 0.302 e. The number of hydrogen-bond acceptors (Lipinski definition) is 4. The maximum atomic E-state index is 13.3. The molecule has 4 fully saturated rings. The number of ketones is 1. The van der Waals surface area contributed by atoms with Crippen LogP contribution in [0.15, 0.2) is 11.1 Å². The lowest BCUT2D eigenvalue weighted by Crippen LogP contribution is -2.65. The largest absolute Gasteiger partial charge is 0.462 e. The Morgan fingerprint density at radius 1 is 0.944 bits per heavy atom. The molecule has 202 valence electrons. The Labute approximate surface area is 219 Å². The standard InChI is InChI=1S/C32H50O4/c1-19(2)26-22(35)17-32(18-33)16-15-30(7)21(27(26)32)9-10-24-29(6)13-12-25(36-20(3)34)28(4,5)23(29)11-14-31(24,30)8/h19,21,23-25,33H,9-18H2,1-8H3/t21-,23?,24?,25+,29+,30-,31-,32+/m1/s1. The number of allylic oxidation sites excluding steroid dienone is 1. The van der Waals surface area contributed by atoms with Gasteiger partial charge in [-0.3, -0.25) is 9.59 Å². The van der Waals surface area contributed by atoms with Gasteiger partial charge in [0.2, 0.25) is 0 Å². The van der Waals surface area contributed by atoms with E-state index in [2.05, 4.69) is 48.5 Å². The smallest absolute Gasteiger partial charge is 0.302 e. The molecule has 0 aromatic carbocycles. The second-order valence-corrected chi connectivity index (χ2v) is 15.1. The number of aliphatic hydroxyl groups is 1. The summed E-state index contributed by atoms with van der Waals surface area (Å²) < 4.78 is 5.88. The van der Waals surface area contributed by atoms with Gasteiger partial charge < -0.3 is 9.84 Å². The van der Waals surface area contributed by atoms with Gasteiger partial charge in [0.1, 0.15) is 6.10 Å². The Kier molecular flexibility index (Phi) is 6.00. The molecule has 0 aromatic rings. The van der Waals surface area contributed by atoms with Gasteiger partial charge in [-0.15, -0.1) is 0 Å². The van der Waals surface area contributed by atoms with Crippen LogP contribution in [-0.2, 0) is 14.3 Å². The molecule has 4 nitrogen and oxygen atoms in total. The molecule has 5 aliphatic rings. The van der Waals surface area contributed by atoms with Gasteiger partial charge in [-0.2, -0.15) is 0 Å². The normalized spacial score (nSPS) is 47.7. The molecule has 0 amide bonds. The van der Waals surface area contributed by atoms with Gasteiger partial charge in [0.25, 0.3) is 0 Å². The van der Waals surface area contributed by atoms with Crippen molar-refractivity contribution in [3.8, 4) is 0 Å². The van der Waals surface area contributed by atoms with Crippen molar-refractivity contribution in [3.63, 3.8) is 0 Å². The topological polar surface area (TPSA) is 63.6 Å². The van der Waals surface area contributed by atoms with Crippen LogP contribution in [0.3, 0.4) is 0 Å². The number of ether oxygens (including phenoxy) is 1. The number of aliphatic hydroxyl groups excluding tert-OH is 1. The molecule has 8 atom stereocenters. The summed E-state index contributed by atoms with van der Waals surface area (Å²) in [6.07, 6.45) is 9.36. The van der Waals surface area contributed by atoms with Gasteiger partial charge in [0.15, 0.2) is 5.78 Å². The average Bonchev–Trinajstić information content (AvgIpc) is 3.09. The van der Waals surface area contributed by atoms with E-state index in [1.807, 2.05) is 0 Å². The number of esters is 1. The summed E-state index contributed by atoms with van der Waals surface area (Å²) in [5.74, 6) is 1.94. The van der Waals surface area contributed by atoms with Crippen LogP contribution >= 0.6 is 0 Å². The molecule has 4 saturated carbocycles. The van der Waals surface area contributed by atoms with E-state index in [9.17, 15) is 14.7 Å².